The Balaban J connectivity index is 2.72. The fraction of sp³-hybridized carbons (Fsp3) is 0.462. The van der Waals surface area contributed by atoms with E-state index in [1.807, 2.05) is 6.92 Å². The van der Waals surface area contributed by atoms with Gasteiger partial charge in [-0.15, -0.1) is 0 Å². The Labute approximate surface area is 112 Å². The summed E-state index contributed by atoms with van der Waals surface area (Å²) in [6, 6.07) is 3.26. The molecular weight excluding hydrogens is 272 g/mol. The van der Waals surface area contributed by atoms with Gasteiger partial charge in [0.25, 0.3) is 5.24 Å². The topological polar surface area (TPSA) is 51.2 Å². The first-order valence-corrected chi connectivity index (χ1v) is 7.88. The van der Waals surface area contributed by atoms with Crippen LogP contribution in [-0.2, 0) is 16.3 Å². The lowest BCUT2D eigenvalue weighted by molar-refractivity contribution is 0.108. The molecule has 0 unspecified atom stereocenters. The lowest BCUT2D eigenvalue weighted by Crippen LogP contribution is -2.14. The summed E-state index contributed by atoms with van der Waals surface area (Å²) in [5.41, 5.74) is 1.56. The molecule has 0 radical (unpaired) electrons. The Kier molecular flexibility index (Phi) is 3.52. The Morgan fingerprint density at radius 3 is 2.44 bits per heavy atom. The van der Waals surface area contributed by atoms with Gasteiger partial charge in [0.1, 0.15) is 0 Å². The van der Waals surface area contributed by atoms with E-state index in [-0.39, 0.29) is 5.25 Å². The van der Waals surface area contributed by atoms with Gasteiger partial charge < -0.3 is 0 Å². The summed E-state index contributed by atoms with van der Waals surface area (Å²) < 4.78 is 24.8. The van der Waals surface area contributed by atoms with Gasteiger partial charge in [0.05, 0.1) is 10.1 Å². The highest BCUT2D eigenvalue weighted by atomic mass is 35.5. The Morgan fingerprint density at radius 2 is 2.00 bits per heavy atom. The van der Waals surface area contributed by atoms with Gasteiger partial charge in [-0.25, -0.2) is 8.42 Å². The number of carbonyl (C=O) groups is 1. The van der Waals surface area contributed by atoms with Crippen LogP contribution < -0.4 is 0 Å². The maximum atomic E-state index is 12.4. The molecule has 98 valence electrons. The molecule has 0 saturated heterocycles. The third-order valence-electron chi connectivity index (χ3n) is 3.27. The maximum Gasteiger partial charge on any atom is 0.252 e. The summed E-state index contributed by atoms with van der Waals surface area (Å²) in [6.45, 7) is 3.60. The zero-order valence-electron chi connectivity index (χ0n) is 10.4. The fourth-order valence-corrected chi connectivity index (χ4v) is 4.60. The van der Waals surface area contributed by atoms with Gasteiger partial charge in [-0.1, -0.05) is 13.0 Å². The first-order chi connectivity index (χ1) is 8.39. The van der Waals surface area contributed by atoms with E-state index in [2.05, 4.69) is 0 Å². The van der Waals surface area contributed by atoms with Crippen molar-refractivity contribution in [2.75, 3.05) is 0 Å². The van der Waals surface area contributed by atoms with Crippen molar-refractivity contribution in [2.45, 2.75) is 43.3 Å². The molecule has 0 bridgehead atoms. The first kappa shape index (κ1) is 13.6. The van der Waals surface area contributed by atoms with Crippen LogP contribution in [0.4, 0.5) is 0 Å². The van der Waals surface area contributed by atoms with Crippen LogP contribution in [0.25, 0.3) is 0 Å². The molecular formula is C13H15ClO3S. The van der Waals surface area contributed by atoms with Crippen molar-refractivity contribution in [3.8, 4) is 0 Å². The highest BCUT2D eigenvalue weighted by Gasteiger charge is 2.39. The minimum Gasteiger partial charge on any atom is -0.276 e. The van der Waals surface area contributed by atoms with Crippen LogP contribution in [0.3, 0.4) is 0 Å². The van der Waals surface area contributed by atoms with Crippen molar-refractivity contribution >= 4 is 26.7 Å². The van der Waals surface area contributed by atoms with Crippen LogP contribution in [0.1, 0.15) is 41.3 Å². The molecule has 1 aliphatic carbocycles. The van der Waals surface area contributed by atoms with E-state index in [1.165, 1.54) is 0 Å². The van der Waals surface area contributed by atoms with Gasteiger partial charge in [0.2, 0.25) is 0 Å². The normalized spacial score (nSPS) is 15.7. The van der Waals surface area contributed by atoms with Gasteiger partial charge in [0, 0.05) is 5.56 Å². The number of sulfone groups is 1. The first-order valence-electron chi connectivity index (χ1n) is 5.95. The van der Waals surface area contributed by atoms with Gasteiger partial charge in [-0.05, 0) is 55.0 Å². The van der Waals surface area contributed by atoms with Gasteiger partial charge >= 0.3 is 0 Å². The zero-order valence-corrected chi connectivity index (χ0v) is 11.9. The standard InChI is InChI=1S/C13H15ClO3S/c1-3-10-11(13(14)15)7-4-8(2)12(10)18(16,17)9-5-6-9/h4,7,9H,3,5-6H2,1-2H3. The molecule has 1 aliphatic rings. The van der Waals surface area contributed by atoms with Crippen LogP contribution in [0.2, 0.25) is 0 Å². The Morgan fingerprint density at radius 1 is 1.39 bits per heavy atom. The van der Waals surface area contributed by atoms with Crippen LogP contribution in [0, 0.1) is 6.92 Å². The summed E-state index contributed by atoms with van der Waals surface area (Å²) in [4.78, 5) is 11.7. The predicted molar refractivity (Wildman–Crippen MR) is 70.9 cm³/mol. The van der Waals surface area contributed by atoms with Crippen molar-refractivity contribution in [1.82, 2.24) is 0 Å². The molecule has 1 saturated carbocycles. The lowest BCUT2D eigenvalue weighted by Gasteiger charge is -2.14. The van der Waals surface area contributed by atoms with E-state index >= 15 is 0 Å². The summed E-state index contributed by atoms with van der Waals surface area (Å²) in [5, 5.41) is -0.874. The van der Waals surface area contributed by atoms with E-state index in [1.54, 1.807) is 19.1 Å². The average molecular weight is 287 g/mol. The second kappa shape index (κ2) is 4.67. The monoisotopic (exact) mass is 286 g/mol. The molecule has 0 amide bonds. The number of rotatable bonds is 4. The molecule has 0 spiro atoms. The molecule has 0 N–H and O–H groups in total. The fourth-order valence-electron chi connectivity index (χ4n) is 2.22. The molecule has 0 aromatic heterocycles. The van der Waals surface area contributed by atoms with E-state index < -0.39 is 15.1 Å². The second-order valence-corrected chi connectivity index (χ2v) is 7.12. The Hall–Kier alpha value is -0.870. The summed E-state index contributed by atoms with van der Waals surface area (Å²) in [5.74, 6) is 0. The third-order valence-corrected chi connectivity index (χ3v) is 5.96. The van der Waals surface area contributed by atoms with E-state index in [0.29, 0.717) is 40.8 Å². The van der Waals surface area contributed by atoms with Gasteiger partial charge in [0.15, 0.2) is 9.84 Å². The smallest absolute Gasteiger partial charge is 0.252 e. The van der Waals surface area contributed by atoms with Crippen LogP contribution >= 0.6 is 11.6 Å². The van der Waals surface area contributed by atoms with E-state index in [9.17, 15) is 13.2 Å². The highest BCUT2D eigenvalue weighted by Crippen LogP contribution is 2.37. The van der Waals surface area contributed by atoms with Crippen molar-refractivity contribution in [3.05, 3.63) is 28.8 Å². The number of aryl methyl sites for hydroxylation is 1. The van der Waals surface area contributed by atoms with Crippen molar-refractivity contribution in [1.29, 1.82) is 0 Å². The molecule has 2 rings (SSSR count). The number of halogens is 1. The maximum absolute atomic E-state index is 12.4. The van der Waals surface area contributed by atoms with Crippen molar-refractivity contribution in [2.24, 2.45) is 0 Å². The second-order valence-electron chi connectivity index (χ2n) is 4.61. The SMILES string of the molecule is CCc1c(C(=O)Cl)ccc(C)c1S(=O)(=O)C1CC1. The minimum absolute atomic E-state index is 0.276. The number of carbonyl (C=O) groups excluding carboxylic acids is 1. The predicted octanol–water partition coefficient (Wildman–Crippen LogP) is 2.87. The van der Waals surface area contributed by atoms with Gasteiger partial charge in [-0.2, -0.15) is 0 Å². The number of hydrogen-bond donors (Lipinski definition) is 0. The molecule has 5 heteroatoms. The molecule has 3 nitrogen and oxygen atoms in total. The quantitative estimate of drug-likeness (QED) is 0.800. The van der Waals surface area contributed by atoms with Crippen LogP contribution in [0.15, 0.2) is 17.0 Å². The average Bonchev–Trinajstić information content (AvgIpc) is 3.11. The molecule has 1 fully saturated rings. The molecule has 0 atom stereocenters. The Bertz CT molecular complexity index is 601. The molecule has 1 aromatic rings. The molecule has 1 aromatic carbocycles. The largest absolute Gasteiger partial charge is 0.276 e. The van der Waals surface area contributed by atoms with Crippen LogP contribution in [0.5, 0.6) is 0 Å². The van der Waals surface area contributed by atoms with Crippen molar-refractivity contribution in [3.63, 3.8) is 0 Å². The lowest BCUT2D eigenvalue weighted by atomic mass is 10.0. The molecule has 0 aliphatic heterocycles. The van der Waals surface area contributed by atoms with Crippen molar-refractivity contribution < 1.29 is 13.2 Å². The molecule has 18 heavy (non-hydrogen) atoms. The summed E-state index contributed by atoms with van der Waals surface area (Å²) in [7, 11) is -3.31. The zero-order chi connectivity index (χ0) is 13.5. The number of benzene rings is 1. The third kappa shape index (κ3) is 2.19. The summed E-state index contributed by atoms with van der Waals surface area (Å²) in [6.07, 6.45) is 1.91. The molecule has 0 heterocycles. The van der Waals surface area contributed by atoms with Gasteiger partial charge in [-0.3, -0.25) is 4.79 Å². The van der Waals surface area contributed by atoms with E-state index in [4.69, 9.17) is 11.6 Å². The van der Waals surface area contributed by atoms with Crippen LogP contribution in [-0.4, -0.2) is 18.9 Å². The number of hydrogen-bond acceptors (Lipinski definition) is 3. The summed E-state index contributed by atoms with van der Waals surface area (Å²) >= 11 is 5.52. The van der Waals surface area contributed by atoms with E-state index in [0.717, 1.165) is 0 Å². The minimum atomic E-state index is -3.31. The highest BCUT2D eigenvalue weighted by molar-refractivity contribution is 7.92.